The number of benzene rings is 1. The van der Waals surface area contributed by atoms with Crippen LogP contribution >= 0.6 is 0 Å². The van der Waals surface area contributed by atoms with Gasteiger partial charge in [0.2, 0.25) is 11.8 Å². The Morgan fingerprint density at radius 2 is 2.04 bits per heavy atom. The van der Waals surface area contributed by atoms with E-state index in [0.29, 0.717) is 34.2 Å². The van der Waals surface area contributed by atoms with Crippen molar-refractivity contribution in [1.82, 2.24) is 25.5 Å². The Morgan fingerprint density at radius 3 is 2.71 bits per heavy atom. The molecule has 24 heavy (non-hydrogen) atoms. The van der Waals surface area contributed by atoms with Crippen molar-refractivity contribution in [3.05, 3.63) is 41.4 Å². The van der Waals surface area contributed by atoms with Gasteiger partial charge in [0, 0.05) is 11.5 Å². The highest BCUT2D eigenvalue weighted by atomic mass is 16.4. The molecule has 0 spiro atoms. The van der Waals surface area contributed by atoms with Crippen LogP contribution in [0, 0.1) is 0 Å². The van der Waals surface area contributed by atoms with Gasteiger partial charge in [0.05, 0.1) is 11.0 Å². The number of nitrogens with one attached hydrogen (secondary N) is 2. The number of carbonyl (C=O) groups excluding carboxylic acids is 1. The van der Waals surface area contributed by atoms with Crippen LogP contribution in [0.15, 0.2) is 22.6 Å². The molecule has 3 N–H and O–H groups in total. The van der Waals surface area contributed by atoms with Crippen molar-refractivity contribution in [2.75, 3.05) is 0 Å². The topological polar surface area (TPSA) is 117 Å². The second kappa shape index (κ2) is 6.40. The van der Waals surface area contributed by atoms with Crippen LogP contribution in [-0.2, 0) is 6.61 Å². The molecule has 1 amide bonds. The number of carbonyl (C=O) groups is 1. The maximum atomic E-state index is 12.4. The molecular formula is C16H19N5O3. The summed E-state index contributed by atoms with van der Waals surface area (Å²) in [5.41, 5.74) is 1.87. The summed E-state index contributed by atoms with van der Waals surface area (Å²) in [4.78, 5) is 19.6. The third kappa shape index (κ3) is 3.13. The minimum Gasteiger partial charge on any atom is -0.423 e. The summed E-state index contributed by atoms with van der Waals surface area (Å²) in [6, 6.07) is 4.70. The van der Waals surface area contributed by atoms with Crippen molar-refractivity contribution in [3.63, 3.8) is 0 Å². The number of aliphatic hydroxyl groups excluding tert-OH is 1. The van der Waals surface area contributed by atoms with E-state index in [2.05, 4.69) is 25.5 Å². The number of hydrogen-bond donors (Lipinski definition) is 3. The van der Waals surface area contributed by atoms with Gasteiger partial charge in [-0.2, -0.15) is 0 Å². The Bertz CT molecular complexity index is 868. The SMILES string of the molecule is CC(C)c1nnc([C@@H](C)NC(=O)c2ccc3nc(CO)[nH]c3c2)o1. The minimum atomic E-state index is -0.400. The molecule has 126 valence electrons. The van der Waals surface area contributed by atoms with Crippen LogP contribution < -0.4 is 5.32 Å². The summed E-state index contributed by atoms with van der Waals surface area (Å²) < 4.78 is 5.55. The molecule has 8 nitrogen and oxygen atoms in total. The van der Waals surface area contributed by atoms with Gasteiger partial charge >= 0.3 is 0 Å². The quantitative estimate of drug-likeness (QED) is 0.659. The maximum Gasteiger partial charge on any atom is 0.251 e. The minimum absolute atomic E-state index is 0.137. The summed E-state index contributed by atoms with van der Waals surface area (Å²) in [6.45, 7) is 5.53. The molecule has 1 aromatic carbocycles. The highest BCUT2D eigenvalue weighted by Gasteiger charge is 2.18. The molecule has 0 aliphatic carbocycles. The molecule has 8 heteroatoms. The van der Waals surface area contributed by atoms with Crippen molar-refractivity contribution in [1.29, 1.82) is 0 Å². The first-order valence-corrected chi connectivity index (χ1v) is 7.71. The van der Waals surface area contributed by atoms with Crippen molar-refractivity contribution < 1.29 is 14.3 Å². The molecule has 1 atom stereocenters. The average molecular weight is 329 g/mol. The zero-order valence-electron chi connectivity index (χ0n) is 13.7. The van der Waals surface area contributed by atoms with E-state index in [0.717, 1.165) is 0 Å². The molecule has 2 heterocycles. The number of aromatic amines is 1. The number of aromatic nitrogens is 4. The first-order chi connectivity index (χ1) is 11.5. The second-order valence-corrected chi connectivity index (χ2v) is 5.90. The number of H-pyrrole nitrogens is 1. The first kappa shape index (κ1) is 16.1. The van der Waals surface area contributed by atoms with Gasteiger partial charge in [-0.05, 0) is 25.1 Å². The molecule has 3 rings (SSSR count). The lowest BCUT2D eigenvalue weighted by atomic mass is 10.1. The zero-order chi connectivity index (χ0) is 17.3. The summed E-state index contributed by atoms with van der Waals surface area (Å²) in [6.07, 6.45) is 0. The monoisotopic (exact) mass is 329 g/mol. The largest absolute Gasteiger partial charge is 0.423 e. The van der Waals surface area contributed by atoms with Crippen LogP contribution in [0.2, 0.25) is 0 Å². The number of aliphatic hydroxyl groups is 1. The van der Waals surface area contributed by atoms with Crippen molar-refractivity contribution in [3.8, 4) is 0 Å². The highest BCUT2D eigenvalue weighted by molar-refractivity contribution is 5.97. The fourth-order valence-electron chi connectivity index (χ4n) is 2.28. The molecule has 0 aliphatic rings. The summed E-state index contributed by atoms with van der Waals surface area (Å²) >= 11 is 0. The molecule has 0 saturated heterocycles. The van der Waals surface area contributed by atoms with Crippen LogP contribution in [0.3, 0.4) is 0 Å². The van der Waals surface area contributed by atoms with E-state index in [1.807, 2.05) is 13.8 Å². The molecule has 2 aromatic heterocycles. The van der Waals surface area contributed by atoms with Crippen molar-refractivity contribution in [2.24, 2.45) is 0 Å². The van der Waals surface area contributed by atoms with E-state index in [1.54, 1.807) is 25.1 Å². The van der Waals surface area contributed by atoms with Gasteiger partial charge in [-0.1, -0.05) is 13.8 Å². The predicted octanol–water partition coefficient (Wildman–Crippen LogP) is 2.05. The Kier molecular flexibility index (Phi) is 4.30. The van der Waals surface area contributed by atoms with E-state index in [1.165, 1.54) is 0 Å². The second-order valence-electron chi connectivity index (χ2n) is 5.90. The normalized spacial score (nSPS) is 12.7. The molecule has 0 aliphatic heterocycles. The molecule has 0 bridgehead atoms. The van der Waals surface area contributed by atoms with Gasteiger partial charge in [-0.15, -0.1) is 10.2 Å². The van der Waals surface area contributed by atoms with Crippen molar-refractivity contribution in [2.45, 2.75) is 39.3 Å². The Morgan fingerprint density at radius 1 is 1.29 bits per heavy atom. The lowest BCUT2D eigenvalue weighted by Crippen LogP contribution is -2.26. The number of hydrogen-bond acceptors (Lipinski definition) is 6. The summed E-state index contributed by atoms with van der Waals surface area (Å²) in [5.74, 6) is 1.26. The number of amides is 1. The molecule has 3 aromatic rings. The van der Waals surface area contributed by atoms with Crippen LogP contribution in [0.5, 0.6) is 0 Å². The standard InChI is InChI=1S/C16H19N5O3/c1-8(2)15-20-21-16(24-15)9(3)17-14(23)10-4-5-11-12(6-10)19-13(7-22)18-11/h4-6,8-9,22H,7H2,1-3H3,(H,17,23)(H,18,19)/t9-/m1/s1. The zero-order valence-corrected chi connectivity index (χ0v) is 13.7. The predicted molar refractivity (Wildman–Crippen MR) is 86.3 cm³/mol. The molecule has 0 unspecified atom stereocenters. The average Bonchev–Trinajstić information content (AvgIpc) is 3.20. The number of imidazole rings is 1. The van der Waals surface area contributed by atoms with Gasteiger partial charge in [0.1, 0.15) is 18.5 Å². The van der Waals surface area contributed by atoms with Gasteiger partial charge in [-0.3, -0.25) is 4.79 Å². The Hall–Kier alpha value is -2.74. The lowest BCUT2D eigenvalue weighted by molar-refractivity contribution is 0.0934. The first-order valence-electron chi connectivity index (χ1n) is 7.71. The summed E-state index contributed by atoms with van der Waals surface area (Å²) in [7, 11) is 0. The smallest absolute Gasteiger partial charge is 0.251 e. The number of nitrogens with zero attached hydrogens (tertiary/aromatic N) is 3. The number of fused-ring (bicyclic) bond motifs is 1. The van der Waals surface area contributed by atoms with Gasteiger partial charge < -0.3 is 19.8 Å². The lowest BCUT2D eigenvalue weighted by Gasteiger charge is -2.10. The fourth-order valence-corrected chi connectivity index (χ4v) is 2.28. The molecule has 0 radical (unpaired) electrons. The van der Waals surface area contributed by atoms with Gasteiger partial charge in [0.25, 0.3) is 5.91 Å². The van der Waals surface area contributed by atoms with Crippen LogP contribution in [0.25, 0.3) is 11.0 Å². The van der Waals surface area contributed by atoms with Gasteiger partial charge in [0.15, 0.2) is 0 Å². The molecular weight excluding hydrogens is 310 g/mol. The Labute approximate surface area is 138 Å². The maximum absolute atomic E-state index is 12.4. The third-order valence-electron chi connectivity index (χ3n) is 3.61. The van der Waals surface area contributed by atoms with E-state index in [-0.39, 0.29) is 18.4 Å². The van der Waals surface area contributed by atoms with E-state index in [4.69, 9.17) is 9.52 Å². The summed E-state index contributed by atoms with van der Waals surface area (Å²) in [5, 5.41) is 19.9. The third-order valence-corrected chi connectivity index (χ3v) is 3.61. The van der Waals surface area contributed by atoms with E-state index < -0.39 is 6.04 Å². The van der Waals surface area contributed by atoms with Crippen LogP contribution in [0.1, 0.15) is 60.7 Å². The van der Waals surface area contributed by atoms with Crippen molar-refractivity contribution >= 4 is 16.9 Å². The number of rotatable bonds is 5. The van der Waals surface area contributed by atoms with E-state index in [9.17, 15) is 4.79 Å². The highest BCUT2D eigenvalue weighted by Crippen LogP contribution is 2.18. The van der Waals surface area contributed by atoms with E-state index >= 15 is 0 Å². The molecule has 0 fully saturated rings. The van der Waals surface area contributed by atoms with Gasteiger partial charge in [-0.25, -0.2) is 4.98 Å². The fraction of sp³-hybridized carbons (Fsp3) is 0.375. The Balaban J connectivity index is 1.75. The molecule has 0 saturated carbocycles. The van der Waals surface area contributed by atoms with Crippen LogP contribution in [0.4, 0.5) is 0 Å². The van der Waals surface area contributed by atoms with Crippen LogP contribution in [-0.4, -0.2) is 31.2 Å².